The van der Waals surface area contributed by atoms with Crippen molar-refractivity contribution in [3.63, 3.8) is 0 Å². The molecule has 21 heavy (non-hydrogen) atoms. The Morgan fingerprint density at radius 2 is 1.90 bits per heavy atom. The standard InChI is InChI=1S/C17H16N2S2/c1-3-8-15-13(6-1)18-17(21-15)12-19-10-5-11-20-16-9-4-2-7-14(16)19/h1-4,6-9H,5,10-12H2. The molecule has 1 aliphatic heterocycles. The van der Waals surface area contributed by atoms with E-state index >= 15 is 0 Å². The maximum atomic E-state index is 4.78. The Hall–Kier alpha value is -1.52. The normalized spacial score (nSPS) is 15.0. The number of aromatic nitrogens is 1. The minimum absolute atomic E-state index is 0.914. The number of nitrogens with zero attached hydrogens (tertiary/aromatic N) is 2. The summed E-state index contributed by atoms with van der Waals surface area (Å²) >= 11 is 3.78. The van der Waals surface area contributed by atoms with E-state index in [0.717, 1.165) is 18.6 Å². The summed E-state index contributed by atoms with van der Waals surface area (Å²) in [7, 11) is 0. The van der Waals surface area contributed by atoms with Crippen molar-refractivity contribution in [2.24, 2.45) is 0 Å². The first-order chi connectivity index (χ1) is 10.4. The van der Waals surface area contributed by atoms with Gasteiger partial charge in [-0.05, 0) is 36.4 Å². The summed E-state index contributed by atoms with van der Waals surface area (Å²) in [5.41, 5.74) is 2.48. The lowest BCUT2D eigenvalue weighted by Crippen LogP contribution is -2.23. The molecule has 0 saturated carbocycles. The summed E-state index contributed by atoms with van der Waals surface area (Å²) in [6, 6.07) is 17.1. The van der Waals surface area contributed by atoms with Crippen LogP contribution in [0.15, 0.2) is 53.4 Å². The zero-order valence-electron chi connectivity index (χ0n) is 11.7. The van der Waals surface area contributed by atoms with Crippen LogP contribution < -0.4 is 4.90 Å². The third-order valence-corrected chi connectivity index (χ3v) is 5.87. The summed E-state index contributed by atoms with van der Waals surface area (Å²) in [5.74, 6) is 1.20. The number of anilines is 1. The first-order valence-electron chi connectivity index (χ1n) is 7.21. The lowest BCUT2D eigenvalue weighted by molar-refractivity contribution is 0.769. The molecule has 0 aliphatic carbocycles. The molecule has 0 atom stereocenters. The summed E-state index contributed by atoms with van der Waals surface area (Å²) < 4.78 is 1.28. The quantitative estimate of drug-likeness (QED) is 0.676. The maximum absolute atomic E-state index is 4.78. The van der Waals surface area contributed by atoms with Crippen molar-refractivity contribution in [1.29, 1.82) is 0 Å². The monoisotopic (exact) mass is 312 g/mol. The molecule has 1 aliphatic rings. The fraction of sp³-hybridized carbons (Fsp3) is 0.235. The van der Waals surface area contributed by atoms with Gasteiger partial charge >= 0.3 is 0 Å². The second-order valence-corrected chi connectivity index (χ2v) is 7.42. The van der Waals surface area contributed by atoms with E-state index in [4.69, 9.17) is 4.98 Å². The van der Waals surface area contributed by atoms with E-state index in [0.29, 0.717) is 0 Å². The number of rotatable bonds is 2. The molecule has 0 unspecified atom stereocenters. The molecular weight excluding hydrogens is 296 g/mol. The molecule has 2 aromatic carbocycles. The first kappa shape index (κ1) is 13.2. The number of hydrogen-bond acceptors (Lipinski definition) is 4. The fourth-order valence-electron chi connectivity index (χ4n) is 2.71. The van der Waals surface area contributed by atoms with Gasteiger partial charge in [-0.3, -0.25) is 0 Å². The van der Waals surface area contributed by atoms with Crippen LogP contribution >= 0.6 is 23.1 Å². The SMILES string of the molecule is c1ccc2c(c1)SCCCN2Cc1nc2ccccc2s1. The maximum Gasteiger partial charge on any atom is 0.113 e. The molecule has 0 fully saturated rings. The zero-order valence-corrected chi connectivity index (χ0v) is 13.3. The highest BCUT2D eigenvalue weighted by Gasteiger charge is 2.16. The van der Waals surface area contributed by atoms with Crippen LogP contribution in [0.5, 0.6) is 0 Å². The van der Waals surface area contributed by atoms with E-state index in [2.05, 4.69) is 53.4 Å². The number of benzene rings is 2. The van der Waals surface area contributed by atoms with Crippen molar-refractivity contribution in [3.05, 3.63) is 53.5 Å². The molecule has 0 N–H and O–H groups in total. The van der Waals surface area contributed by atoms with Gasteiger partial charge in [0, 0.05) is 11.4 Å². The van der Waals surface area contributed by atoms with Crippen LogP contribution in [-0.4, -0.2) is 17.3 Å². The van der Waals surface area contributed by atoms with E-state index in [-0.39, 0.29) is 0 Å². The molecule has 3 aromatic rings. The van der Waals surface area contributed by atoms with E-state index in [1.54, 1.807) is 0 Å². The molecule has 1 aromatic heterocycles. The van der Waals surface area contributed by atoms with Crippen LogP contribution in [0.2, 0.25) is 0 Å². The van der Waals surface area contributed by atoms with Gasteiger partial charge in [-0.2, -0.15) is 0 Å². The minimum Gasteiger partial charge on any atom is -0.364 e. The van der Waals surface area contributed by atoms with Gasteiger partial charge in [0.05, 0.1) is 22.4 Å². The van der Waals surface area contributed by atoms with Gasteiger partial charge in [-0.15, -0.1) is 23.1 Å². The van der Waals surface area contributed by atoms with Crippen LogP contribution in [0.4, 0.5) is 5.69 Å². The van der Waals surface area contributed by atoms with Gasteiger partial charge < -0.3 is 4.90 Å². The van der Waals surface area contributed by atoms with Gasteiger partial charge in [0.15, 0.2) is 0 Å². The molecule has 2 nitrogen and oxygen atoms in total. The third-order valence-electron chi connectivity index (χ3n) is 3.70. The van der Waals surface area contributed by atoms with Gasteiger partial charge in [0.1, 0.15) is 5.01 Å². The molecule has 0 radical (unpaired) electrons. The second kappa shape index (κ2) is 5.70. The van der Waals surface area contributed by atoms with Crippen molar-refractivity contribution < 1.29 is 0 Å². The first-order valence-corrected chi connectivity index (χ1v) is 9.01. The molecule has 0 amide bonds. The Morgan fingerprint density at radius 1 is 1.05 bits per heavy atom. The topological polar surface area (TPSA) is 16.1 Å². The highest BCUT2D eigenvalue weighted by atomic mass is 32.2. The van der Waals surface area contributed by atoms with Crippen LogP contribution in [0.3, 0.4) is 0 Å². The molecule has 0 saturated heterocycles. The van der Waals surface area contributed by atoms with Crippen LogP contribution in [-0.2, 0) is 6.54 Å². The molecule has 2 heterocycles. The Labute approximate surface area is 132 Å². The van der Waals surface area contributed by atoms with Crippen LogP contribution in [0.25, 0.3) is 10.2 Å². The summed E-state index contributed by atoms with van der Waals surface area (Å²) in [5, 5.41) is 1.21. The Kier molecular flexibility index (Phi) is 3.57. The average Bonchev–Trinajstić information content (AvgIpc) is 2.82. The molecule has 106 valence electrons. The Morgan fingerprint density at radius 3 is 2.86 bits per heavy atom. The summed E-state index contributed by atoms with van der Waals surface area (Å²) in [6.45, 7) is 2.02. The molecule has 4 heteroatoms. The molecule has 4 rings (SSSR count). The Balaban J connectivity index is 1.67. The van der Waals surface area contributed by atoms with Crippen molar-refractivity contribution in [1.82, 2.24) is 4.98 Å². The largest absolute Gasteiger partial charge is 0.364 e. The number of para-hydroxylation sites is 2. The lowest BCUT2D eigenvalue weighted by atomic mass is 10.2. The van der Waals surface area contributed by atoms with E-state index in [9.17, 15) is 0 Å². The van der Waals surface area contributed by atoms with Crippen molar-refractivity contribution in [3.8, 4) is 0 Å². The Bertz CT molecular complexity index is 733. The van der Waals surface area contributed by atoms with Crippen molar-refractivity contribution in [2.75, 3.05) is 17.2 Å². The summed E-state index contributed by atoms with van der Waals surface area (Å²) in [4.78, 5) is 8.66. The average molecular weight is 312 g/mol. The number of fused-ring (bicyclic) bond motifs is 2. The van der Waals surface area contributed by atoms with E-state index < -0.39 is 0 Å². The summed E-state index contributed by atoms with van der Waals surface area (Å²) in [6.07, 6.45) is 1.23. The number of thiazole rings is 1. The highest BCUT2D eigenvalue weighted by Crippen LogP contribution is 2.35. The molecular formula is C17H16N2S2. The lowest BCUT2D eigenvalue weighted by Gasteiger charge is -2.23. The third kappa shape index (κ3) is 2.65. The van der Waals surface area contributed by atoms with Gasteiger partial charge in [0.25, 0.3) is 0 Å². The smallest absolute Gasteiger partial charge is 0.113 e. The zero-order chi connectivity index (χ0) is 14.1. The van der Waals surface area contributed by atoms with E-state index in [1.807, 2.05) is 23.1 Å². The van der Waals surface area contributed by atoms with Crippen molar-refractivity contribution in [2.45, 2.75) is 17.9 Å². The highest BCUT2D eigenvalue weighted by molar-refractivity contribution is 7.99. The molecule has 0 bridgehead atoms. The number of hydrogen-bond donors (Lipinski definition) is 0. The van der Waals surface area contributed by atoms with Crippen molar-refractivity contribution >= 4 is 39.0 Å². The minimum atomic E-state index is 0.914. The second-order valence-electron chi connectivity index (χ2n) is 5.17. The number of thioether (sulfide) groups is 1. The van der Waals surface area contributed by atoms with Gasteiger partial charge in [-0.1, -0.05) is 24.3 Å². The predicted octanol–water partition coefficient (Wildman–Crippen LogP) is 4.80. The van der Waals surface area contributed by atoms with Gasteiger partial charge in [0.2, 0.25) is 0 Å². The van der Waals surface area contributed by atoms with Crippen LogP contribution in [0.1, 0.15) is 11.4 Å². The molecule has 0 spiro atoms. The fourth-order valence-corrected chi connectivity index (χ4v) is 4.71. The van der Waals surface area contributed by atoms with Crippen LogP contribution in [0, 0.1) is 0 Å². The van der Waals surface area contributed by atoms with Gasteiger partial charge in [-0.25, -0.2) is 4.98 Å². The van der Waals surface area contributed by atoms with E-state index in [1.165, 1.54) is 32.5 Å². The predicted molar refractivity (Wildman–Crippen MR) is 92.5 cm³/mol.